The van der Waals surface area contributed by atoms with Gasteiger partial charge in [0.2, 0.25) is 0 Å². The molecule has 20 heavy (non-hydrogen) atoms. The second kappa shape index (κ2) is 5.01. The Balaban J connectivity index is 2.78. The predicted molar refractivity (Wildman–Crippen MR) is 76.1 cm³/mol. The number of hydrogen-bond acceptors (Lipinski definition) is 4. The molecule has 0 aliphatic heterocycles. The summed E-state index contributed by atoms with van der Waals surface area (Å²) in [7, 11) is 5.35. The molecule has 1 heterocycles. The van der Waals surface area contributed by atoms with E-state index in [1.165, 1.54) is 12.1 Å². The lowest BCUT2D eigenvalue weighted by atomic mass is 10.2. The van der Waals surface area contributed by atoms with Crippen molar-refractivity contribution in [2.24, 2.45) is 12.0 Å². The molecule has 1 aromatic carbocycles. The molecule has 0 aliphatic carbocycles. The summed E-state index contributed by atoms with van der Waals surface area (Å²) < 4.78 is 1.68. The maximum Gasteiger partial charge on any atom is 0.270 e. The fourth-order valence-electron chi connectivity index (χ4n) is 1.96. The van der Waals surface area contributed by atoms with Crippen molar-refractivity contribution in [1.82, 2.24) is 9.47 Å². The average Bonchev–Trinajstić information content (AvgIpc) is 2.68. The zero-order valence-corrected chi connectivity index (χ0v) is 11.4. The third-order valence-corrected chi connectivity index (χ3v) is 2.89. The molecule has 0 spiro atoms. The number of nitro groups is 1. The number of aliphatic imine (C=N–C) groups is 1. The summed E-state index contributed by atoms with van der Waals surface area (Å²) in [6, 6.07) is 6.58. The second-order valence-electron chi connectivity index (χ2n) is 4.53. The van der Waals surface area contributed by atoms with Gasteiger partial charge in [0.25, 0.3) is 5.69 Å². The van der Waals surface area contributed by atoms with Crippen molar-refractivity contribution in [2.45, 2.75) is 0 Å². The third-order valence-electron chi connectivity index (χ3n) is 2.89. The van der Waals surface area contributed by atoms with Crippen LogP contribution in [-0.2, 0) is 7.05 Å². The van der Waals surface area contributed by atoms with Crippen LogP contribution in [0.15, 0.2) is 23.2 Å². The number of nitro benzene ring substituents is 1. The van der Waals surface area contributed by atoms with Gasteiger partial charge in [-0.25, -0.2) is 4.99 Å². The minimum Gasteiger partial charge on any atom is -0.369 e. The molecule has 0 radical (unpaired) electrons. The first-order valence-corrected chi connectivity index (χ1v) is 5.83. The highest BCUT2D eigenvalue weighted by Crippen LogP contribution is 2.34. The van der Waals surface area contributed by atoms with Gasteiger partial charge >= 0.3 is 0 Å². The monoisotopic (exact) mass is 271 g/mol. The van der Waals surface area contributed by atoms with Gasteiger partial charge in [-0.05, 0) is 6.07 Å². The van der Waals surface area contributed by atoms with Crippen LogP contribution in [0.1, 0.15) is 5.69 Å². The number of aromatic nitrogens is 1. The van der Waals surface area contributed by atoms with Crippen molar-refractivity contribution < 1.29 is 4.92 Å². The highest BCUT2D eigenvalue weighted by Gasteiger charge is 2.17. The third kappa shape index (κ3) is 2.19. The van der Waals surface area contributed by atoms with Crippen molar-refractivity contribution in [3.05, 3.63) is 34.0 Å². The van der Waals surface area contributed by atoms with Crippen LogP contribution in [0.3, 0.4) is 0 Å². The molecule has 0 aliphatic rings. The number of hydrogen-bond donors (Lipinski definition) is 0. The summed E-state index contributed by atoms with van der Waals surface area (Å²) in [5.74, 6) is 0. The molecule has 0 N–H and O–H groups in total. The Morgan fingerprint density at radius 2 is 2.20 bits per heavy atom. The Kier molecular flexibility index (Phi) is 3.39. The molecule has 0 bridgehead atoms. The first-order chi connectivity index (χ1) is 9.45. The van der Waals surface area contributed by atoms with Crippen LogP contribution in [0.2, 0.25) is 0 Å². The zero-order valence-electron chi connectivity index (χ0n) is 11.4. The first-order valence-electron chi connectivity index (χ1n) is 5.83. The van der Waals surface area contributed by atoms with E-state index in [9.17, 15) is 15.4 Å². The number of nitriles is 1. The van der Waals surface area contributed by atoms with Gasteiger partial charge in [-0.15, -0.1) is 0 Å². The van der Waals surface area contributed by atoms with Crippen molar-refractivity contribution in [1.29, 1.82) is 5.26 Å². The molecule has 0 amide bonds. The zero-order chi connectivity index (χ0) is 14.9. The SMILES string of the molecule is CN(C)C=Nc1c(C#N)n(C)c2ccc([N+](=O)[O-])cc12. The molecule has 2 aromatic rings. The van der Waals surface area contributed by atoms with Gasteiger partial charge in [-0.3, -0.25) is 10.1 Å². The fraction of sp³-hybridized carbons (Fsp3) is 0.231. The molecule has 102 valence electrons. The Bertz CT molecular complexity index is 752. The summed E-state index contributed by atoms with van der Waals surface area (Å²) in [4.78, 5) is 16.4. The van der Waals surface area contributed by atoms with Gasteiger partial charge < -0.3 is 9.47 Å². The maximum absolute atomic E-state index is 10.9. The van der Waals surface area contributed by atoms with Crippen molar-refractivity contribution in [2.75, 3.05) is 14.1 Å². The number of rotatable bonds is 3. The number of nitrogens with zero attached hydrogens (tertiary/aromatic N) is 5. The van der Waals surface area contributed by atoms with Crippen LogP contribution in [-0.4, -0.2) is 34.8 Å². The van der Waals surface area contributed by atoms with Crippen LogP contribution < -0.4 is 0 Å². The highest BCUT2D eigenvalue weighted by molar-refractivity contribution is 5.97. The number of benzene rings is 1. The molecule has 1 aromatic heterocycles. The summed E-state index contributed by atoms with van der Waals surface area (Å²) in [6.07, 6.45) is 1.56. The van der Waals surface area contributed by atoms with E-state index in [1.807, 2.05) is 14.1 Å². The van der Waals surface area contributed by atoms with E-state index in [-0.39, 0.29) is 5.69 Å². The van der Waals surface area contributed by atoms with E-state index in [2.05, 4.69) is 11.1 Å². The Hall–Kier alpha value is -2.88. The number of fused-ring (bicyclic) bond motifs is 1. The van der Waals surface area contributed by atoms with Crippen LogP contribution in [0, 0.1) is 21.4 Å². The van der Waals surface area contributed by atoms with Crippen LogP contribution in [0.4, 0.5) is 11.4 Å². The molecule has 2 rings (SSSR count). The van der Waals surface area contributed by atoms with E-state index in [1.54, 1.807) is 28.9 Å². The largest absolute Gasteiger partial charge is 0.369 e. The van der Waals surface area contributed by atoms with Gasteiger partial charge in [0.1, 0.15) is 17.5 Å². The minimum atomic E-state index is -0.460. The molecule has 0 atom stereocenters. The molecular formula is C13H13N5O2. The van der Waals surface area contributed by atoms with Crippen LogP contribution >= 0.6 is 0 Å². The molecule has 0 saturated heterocycles. The van der Waals surface area contributed by atoms with E-state index >= 15 is 0 Å². The molecule has 7 nitrogen and oxygen atoms in total. The summed E-state index contributed by atoms with van der Waals surface area (Å²) in [5.41, 5.74) is 1.54. The van der Waals surface area contributed by atoms with Gasteiger partial charge in [-0.1, -0.05) is 0 Å². The maximum atomic E-state index is 10.9. The number of non-ortho nitro benzene ring substituents is 1. The lowest BCUT2D eigenvalue weighted by Gasteiger charge is -2.01. The number of aryl methyl sites for hydroxylation is 1. The fourth-order valence-corrected chi connectivity index (χ4v) is 1.96. The summed E-state index contributed by atoms with van der Waals surface area (Å²) in [5, 5.41) is 20.7. The first kappa shape index (κ1) is 13.5. The smallest absolute Gasteiger partial charge is 0.270 e. The summed E-state index contributed by atoms with van der Waals surface area (Å²) in [6.45, 7) is 0. The summed E-state index contributed by atoms with van der Waals surface area (Å²) >= 11 is 0. The van der Waals surface area contributed by atoms with Crippen LogP contribution in [0.25, 0.3) is 10.9 Å². The van der Waals surface area contributed by atoms with Gasteiger partial charge in [0.05, 0.1) is 16.8 Å². The highest BCUT2D eigenvalue weighted by atomic mass is 16.6. The van der Waals surface area contributed by atoms with Gasteiger partial charge in [0.15, 0.2) is 0 Å². The van der Waals surface area contributed by atoms with E-state index in [0.29, 0.717) is 16.8 Å². The van der Waals surface area contributed by atoms with Gasteiger partial charge in [0, 0.05) is 38.7 Å². The Morgan fingerprint density at radius 1 is 1.50 bits per heavy atom. The normalized spacial score (nSPS) is 10.9. The van der Waals surface area contributed by atoms with E-state index in [4.69, 9.17) is 0 Å². The predicted octanol–water partition coefficient (Wildman–Crippen LogP) is 2.18. The molecular weight excluding hydrogens is 258 g/mol. The lowest BCUT2D eigenvalue weighted by molar-refractivity contribution is -0.384. The Morgan fingerprint density at radius 3 is 2.75 bits per heavy atom. The van der Waals surface area contributed by atoms with Crippen LogP contribution in [0.5, 0.6) is 0 Å². The van der Waals surface area contributed by atoms with Crippen molar-refractivity contribution >= 4 is 28.6 Å². The molecule has 0 saturated carbocycles. The standard InChI is InChI=1S/C13H13N5O2/c1-16(2)8-15-13-10-6-9(18(19)20)4-5-11(10)17(3)12(13)7-14/h4-6,8H,1-3H3. The van der Waals surface area contributed by atoms with E-state index < -0.39 is 4.92 Å². The molecule has 0 fully saturated rings. The second-order valence-corrected chi connectivity index (χ2v) is 4.53. The average molecular weight is 271 g/mol. The van der Waals surface area contributed by atoms with Crippen molar-refractivity contribution in [3.8, 4) is 6.07 Å². The van der Waals surface area contributed by atoms with Gasteiger partial charge in [-0.2, -0.15) is 5.26 Å². The molecule has 7 heteroatoms. The lowest BCUT2D eigenvalue weighted by Crippen LogP contribution is -2.07. The van der Waals surface area contributed by atoms with E-state index in [0.717, 1.165) is 5.52 Å². The topological polar surface area (TPSA) is 87.5 Å². The van der Waals surface area contributed by atoms with Crippen molar-refractivity contribution in [3.63, 3.8) is 0 Å². The Labute approximate surface area is 115 Å². The quantitative estimate of drug-likeness (QED) is 0.370. The minimum absolute atomic E-state index is 0.0195. The molecule has 0 unspecified atom stereocenters.